The maximum atomic E-state index is 12.6. The number of amides is 1. The first-order chi connectivity index (χ1) is 13.0. The van der Waals surface area contributed by atoms with Gasteiger partial charge in [-0.25, -0.2) is 0 Å². The number of carbonyl (C=O) groups is 1. The maximum Gasteiger partial charge on any atom is 0.237 e. The number of benzene rings is 2. The SMILES string of the molecule is COc1ccccc1-n1cnnc1S[C@H](C)C(=O)Nc1cccc(Cl)c1Cl. The van der Waals surface area contributed by atoms with Gasteiger partial charge in [0.05, 0.1) is 33.8 Å². The number of ether oxygens (including phenoxy) is 1. The van der Waals surface area contributed by atoms with E-state index in [0.717, 1.165) is 5.69 Å². The van der Waals surface area contributed by atoms with Gasteiger partial charge in [-0.05, 0) is 31.2 Å². The fourth-order valence-electron chi connectivity index (χ4n) is 2.35. The Labute approximate surface area is 170 Å². The van der Waals surface area contributed by atoms with Gasteiger partial charge in [0.1, 0.15) is 12.1 Å². The molecule has 0 saturated carbocycles. The van der Waals surface area contributed by atoms with Gasteiger partial charge >= 0.3 is 0 Å². The molecule has 0 spiro atoms. The molecular formula is C18H16Cl2N4O2S. The molecule has 1 atom stereocenters. The molecule has 3 aromatic rings. The average Bonchev–Trinajstić information content (AvgIpc) is 3.13. The van der Waals surface area contributed by atoms with Gasteiger partial charge in [-0.2, -0.15) is 0 Å². The molecule has 0 fully saturated rings. The molecule has 0 aliphatic rings. The van der Waals surface area contributed by atoms with Crippen molar-refractivity contribution in [2.75, 3.05) is 12.4 Å². The number of carbonyl (C=O) groups excluding carboxylic acids is 1. The number of rotatable bonds is 6. The first kappa shape index (κ1) is 19.5. The number of halogens is 2. The molecule has 0 saturated heterocycles. The minimum absolute atomic E-state index is 0.223. The molecule has 0 unspecified atom stereocenters. The number of nitrogens with one attached hydrogen (secondary N) is 1. The Hall–Kier alpha value is -2.22. The minimum Gasteiger partial charge on any atom is -0.495 e. The number of methoxy groups -OCH3 is 1. The summed E-state index contributed by atoms with van der Waals surface area (Å²) in [4.78, 5) is 12.6. The van der Waals surface area contributed by atoms with Gasteiger partial charge in [0.25, 0.3) is 0 Å². The summed E-state index contributed by atoms with van der Waals surface area (Å²) in [6.07, 6.45) is 1.58. The van der Waals surface area contributed by atoms with E-state index in [0.29, 0.717) is 26.6 Å². The zero-order valence-electron chi connectivity index (χ0n) is 14.5. The number of hydrogen-bond acceptors (Lipinski definition) is 5. The predicted molar refractivity (Wildman–Crippen MR) is 108 cm³/mol. The quantitative estimate of drug-likeness (QED) is 0.582. The lowest BCUT2D eigenvalue weighted by molar-refractivity contribution is -0.115. The smallest absolute Gasteiger partial charge is 0.237 e. The Bertz CT molecular complexity index is 964. The molecule has 0 radical (unpaired) electrons. The van der Waals surface area contributed by atoms with Crippen LogP contribution in [0.25, 0.3) is 5.69 Å². The highest BCUT2D eigenvalue weighted by Crippen LogP contribution is 2.32. The summed E-state index contributed by atoms with van der Waals surface area (Å²) in [7, 11) is 1.60. The van der Waals surface area contributed by atoms with Crippen LogP contribution >= 0.6 is 35.0 Å². The zero-order chi connectivity index (χ0) is 19.4. The average molecular weight is 423 g/mol. The van der Waals surface area contributed by atoms with Crippen LogP contribution in [0.5, 0.6) is 5.75 Å². The van der Waals surface area contributed by atoms with Crippen LogP contribution < -0.4 is 10.1 Å². The van der Waals surface area contributed by atoms with Crippen LogP contribution in [0.2, 0.25) is 10.0 Å². The van der Waals surface area contributed by atoms with Crippen molar-refractivity contribution in [2.45, 2.75) is 17.3 Å². The molecule has 1 heterocycles. The Morgan fingerprint density at radius 2 is 2.00 bits per heavy atom. The van der Waals surface area contributed by atoms with Gasteiger partial charge in [-0.1, -0.05) is 53.2 Å². The largest absolute Gasteiger partial charge is 0.495 e. The summed E-state index contributed by atoms with van der Waals surface area (Å²) in [6.45, 7) is 1.78. The second-order valence-electron chi connectivity index (χ2n) is 5.51. The van der Waals surface area contributed by atoms with Gasteiger partial charge in [-0.15, -0.1) is 10.2 Å². The molecule has 0 aliphatic heterocycles. The molecule has 0 bridgehead atoms. The van der Waals surface area contributed by atoms with E-state index < -0.39 is 5.25 Å². The van der Waals surface area contributed by atoms with Gasteiger partial charge < -0.3 is 10.1 Å². The fourth-order valence-corrected chi connectivity index (χ4v) is 3.53. The number of anilines is 1. The lowest BCUT2D eigenvalue weighted by Crippen LogP contribution is -2.23. The van der Waals surface area contributed by atoms with Crippen molar-refractivity contribution in [1.82, 2.24) is 14.8 Å². The van der Waals surface area contributed by atoms with Crippen LogP contribution in [0, 0.1) is 0 Å². The predicted octanol–water partition coefficient (Wildman–Crippen LogP) is 4.70. The molecule has 1 aromatic heterocycles. The molecule has 1 N–H and O–H groups in total. The highest BCUT2D eigenvalue weighted by Gasteiger charge is 2.20. The highest BCUT2D eigenvalue weighted by atomic mass is 35.5. The highest BCUT2D eigenvalue weighted by molar-refractivity contribution is 8.00. The Kier molecular flexibility index (Phi) is 6.26. The first-order valence-electron chi connectivity index (χ1n) is 7.96. The van der Waals surface area contributed by atoms with Crippen molar-refractivity contribution in [3.8, 4) is 11.4 Å². The second kappa shape index (κ2) is 8.65. The summed E-state index contributed by atoms with van der Waals surface area (Å²) in [5, 5.41) is 11.7. The van der Waals surface area contributed by atoms with Crippen LogP contribution in [-0.4, -0.2) is 33.0 Å². The van der Waals surface area contributed by atoms with Crippen molar-refractivity contribution in [3.63, 3.8) is 0 Å². The van der Waals surface area contributed by atoms with Gasteiger partial charge in [0.15, 0.2) is 5.16 Å². The molecular weight excluding hydrogens is 407 g/mol. The standard InChI is InChI=1S/C18H16Cl2N4O2S/c1-11(17(25)22-13-7-5-6-12(19)16(13)20)27-18-23-21-10-24(18)14-8-3-4-9-15(14)26-2/h3-11H,1-2H3,(H,22,25)/t11-/m1/s1. The van der Waals surface area contributed by atoms with Crippen molar-refractivity contribution in [2.24, 2.45) is 0 Å². The third kappa shape index (κ3) is 4.37. The molecule has 1 amide bonds. The van der Waals surface area contributed by atoms with Crippen molar-refractivity contribution < 1.29 is 9.53 Å². The third-order valence-electron chi connectivity index (χ3n) is 3.72. The molecule has 140 valence electrons. The second-order valence-corrected chi connectivity index (χ2v) is 7.60. The van der Waals surface area contributed by atoms with Crippen LogP contribution in [-0.2, 0) is 4.79 Å². The zero-order valence-corrected chi connectivity index (χ0v) is 16.8. The van der Waals surface area contributed by atoms with Crippen molar-refractivity contribution in [3.05, 3.63) is 58.8 Å². The Morgan fingerprint density at radius 3 is 2.78 bits per heavy atom. The van der Waals surface area contributed by atoms with E-state index in [9.17, 15) is 4.79 Å². The lowest BCUT2D eigenvalue weighted by Gasteiger charge is -2.14. The molecule has 3 rings (SSSR count). The van der Waals surface area contributed by atoms with E-state index in [1.54, 1.807) is 43.1 Å². The van der Waals surface area contributed by atoms with E-state index in [1.807, 2.05) is 24.3 Å². The van der Waals surface area contributed by atoms with Gasteiger partial charge in [0.2, 0.25) is 5.91 Å². The number of nitrogens with zero attached hydrogens (tertiary/aromatic N) is 3. The Morgan fingerprint density at radius 1 is 1.22 bits per heavy atom. The summed E-state index contributed by atoms with van der Waals surface area (Å²) in [6, 6.07) is 12.6. The van der Waals surface area contributed by atoms with E-state index >= 15 is 0 Å². The molecule has 2 aromatic carbocycles. The van der Waals surface area contributed by atoms with E-state index in [2.05, 4.69) is 15.5 Å². The van der Waals surface area contributed by atoms with Gasteiger partial charge in [0, 0.05) is 0 Å². The van der Waals surface area contributed by atoms with E-state index in [4.69, 9.17) is 27.9 Å². The number of para-hydroxylation sites is 2. The molecule has 0 aliphatic carbocycles. The van der Waals surface area contributed by atoms with Crippen LogP contribution in [0.1, 0.15) is 6.92 Å². The topological polar surface area (TPSA) is 69.0 Å². The van der Waals surface area contributed by atoms with Crippen LogP contribution in [0.3, 0.4) is 0 Å². The summed E-state index contributed by atoms with van der Waals surface area (Å²) < 4.78 is 7.17. The van der Waals surface area contributed by atoms with Crippen LogP contribution in [0.15, 0.2) is 53.9 Å². The van der Waals surface area contributed by atoms with E-state index in [-0.39, 0.29) is 5.91 Å². The number of aromatic nitrogens is 3. The van der Waals surface area contributed by atoms with Crippen molar-refractivity contribution >= 4 is 46.6 Å². The summed E-state index contributed by atoms with van der Waals surface area (Å²) in [5.41, 5.74) is 1.26. The number of thioether (sulfide) groups is 1. The minimum atomic E-state index is -0.447. The monoisotopic (exact) mass is 422 g/mol. The summed E-state index contributed by atoms with van der Waals surface area (Å²) in [5.74, 6) is 0.459. The summed E-state index contributed by atoms with van der Waals surface area (Å²) >= 11 is 13.4. The normalized spacial score (nSPS) is 11.9. The fraction of sp³-hybridized carbons (Fsp3) is 0.167. The number of hydrogen-bond donors (Lipinski definition) is 1. The third-order valence-corrected chi connectivity index (χ3v) is 5.60. The lowest BCUT2D eigenvalue weighted by atomic mass is 10.3. The van der Waals surface area contributed by atoms with Gasteiger partial charge in [-0.3, -0.25) is 9.36 Å². The Balaban J connectivity index is 1.77. The molecule has 6 nitrogen and oxygen atoms in total. The maximum absolute atomic E-state index is 12.6. The van der Waals surface area contributed by atoms with E-state index in [1.165, 1.54) is 11.8 Å². The van der Waals surface area contributed by atoms with Crippen molar-refractivity contribution in [1.29, 1.82) is 0 Å². The first-order valence-corrected chi connectivity index (χ1v) is 9.59. The molecule has 27 heavy (non-hydrogen) atoms. The molecule has 9 heteroatoms. The van der Waals surface area contributed by atoms with Crippen LogP contribution in [0.4, 0.5) is 5.69 Å².